The molecule has 6 heteroatoms. The van der Waals surface area contributed by atoms with Crippen molar-refractivity contribution in [2.45, 2.75) is 32.1 Å². The predicted octanol–water partition coefficient (Wildman–Crippen LogP) is 3.03. The van der Waals surface area contributed by atoms with E-state index < -0.39 is 5.97 Å². The number of benzene rings is 1. The lowest BCUT2D eigenvalue weighted by Crippen LogP contribution is -2.42. The van der Waals surface area contributed by atoms with Crippen LogP contribution in [-0.2, 0) is 20.1 Å². The topological polar surface area (TPSA) is 55.4 Å². The van der Waals surface area contributed by atoms with E-state index in [1.54, 1.807) is 0 Å². The summed E-state index contributed by atoms with van der Waals surface area (Å²) in [7, 11) is 0. The molecule has 1 N–H and O–H groups in total. The van der Waals surface area contributed by atoms with Gasteiger partial charge in [-0.25, -0.2) is 0 Å². The predicted molar refractivity (Wildman–Crippen MR) is 86.5 cm³/mol. The fourth-order valence-corrected chi connectivity index (χ4v) is 2.61. The molecule has 1 rings (SSSR count). The van der Waals surface area contributed by atoms with E-state index in [9.17, 15) is 9.59 Å². The minimum Gasteiger partial charge on any atom is -0.455 e. The van der Waals surface area contributed by atoms with Gasteiger partial charge in [0, 0.05) is 16.3 Å². The fourth-order valence-electron chi connectivity index (χ4n) is 1.50. The monoisotopic (exact) mass is 329 g/mol. The molecule has 116 valence electrons. The molecule has 0 fully saturated rings. The van der Waals surface area contributed by atoms with Gasteiger partial charge >= 0.3 is 5.97 Å². The number of thioether (sulfide) groups is 1. The van der Waals surface area contributed by atoms with Crippen LogP contribution in [0.4, 0.5) is 0 Å². The minimum atomic E-state index is -0.406. The minimum absolute atomic E-state index is 0.189. The first kappa shape index (κ1) is 17.9. The van der Waals surface area contributed by atoms with Gasteiger partial charge in [-0.3, -0.25) is 9.59 Å². The first-order valence-electron chi connectivity index (χ1n) is 6.56. The van der Waals surface area contributed by atoms with Gasteiger partial charge in [-0.1, -0.05) is 29.8 Å². The molecule has 0 aliphatic carbocycles. The molecular formula is C15H20ClNO3S. The summed E-state index contributed by atoms with van der Waals surface area (Å²) in [5.74, 6) is 0.111. The van der Waals surface area contributed by atoms with Gasteiger partial charge in [0.1, 0.15) is 0 Å². The standard InChI is InChI=1S/C15H20ClNO3S/c1-15(2,3)17-13(18)8-20-14(19)10-21-9-11-6-4-5-7-12(11)16/h4-7H,8-10H2,1-3H3,(H,17,18). The number of hydrogen-bond acceptors (Lipinski definition) is 4. The summed E-state index contributed by atoms with van der Waals surface area (Å²) in [6, 6.07) is 7.49. The normalized spacial score (nSPS) is 11.0. The zero-order valence-electron chi connectivity index (χ0n) is 12.4. The summed E-state index contributed by atoms with van der Waals surface area (Å²) < 4.78 is 4.91. The van der Waals surface area contributed by atoms with E-state index in [1.807, 2.05) is 45.0 Å². The van der Waals surface area contributed by atoms with Crippen LogP contribution in [0.25, 0.3) is 0 Å². The molecule has 0 saturated carbocycles. The van der Waals surface area contributed by atoms with E-state index in [0.717, 1.165) is 5.56 Å². The largest absolute Gasteiger partial charge is 0.455 e. The lowest BCUT2D eigenvalue weighted by Gasteiger charge is -2.20. The van der Waals surface area contributed by atoms with Crippen LogP contribution in [0.2, 0.25) is 5.02 Å². The van der Waals surface area contributed by atoms with Gasteiger partial charge in [0.15, 0.2) is 6.61 Å². The van der Waals surface area contributed by atoms with Gasteiger partial charge in [-0.15, -0.1) is 11.8 Å². The molecule has 0 aliphatic rings. The summed E-state index contributed by atoms with van der Waals surface area (Å²) in [6.45, 7) is 5.35. The number of carbonyl (C=O) groups excluding carboxylic acids is 2. The number of ether oxygens (including phenoxy) is 1. The van der Waals surface area contributed by atoms with E-state index >= 15 is 0 Å². The molecule has 0 aromatic heterocycles. The van der Waals surface area contributed by atoms with Crippen LogP contribution in [0, 0.1) is 0 Å². The Kier molecular flexibility index (Phi) is 7.05. The first-order chi connectivity index (χ1) is 9.78. The number of amides is 1. The number of halogens is 1. The zero-order valence-corrected chi connectivity index (χ0v) is 14.0. The summed E-state index contributed by atoms with van der Waals surface area (Å²) >= 11 is 7.42. The second kappa shape index (κ2) is 8.29. The Bertz CT molecular complexity index is 500. The van der Waals surface area contributed by atoms with Crippen molar-refractivity contribution in [2.24, 2.45) is 0 Å². The van der Waals surface area contributed by atoms with E-state index in [0.29, 0.717) is 10.8 Å². The Morgan fingerprint density at radius 2 is 1.95 bits per heavy atom. The van der Waals surface area contributed by atoms with Gasteiger partial charge in [0.2, 0.25) is 0 Å². The smallest absolute Gasteiger partial charge is 0.316 e. The number of rotatable bonds is 6. The average Bonchev–Trinajstić information content (AvgIpc) is 2.37. The number of hydrogen-bond donors (Lipinski definition) is 1. The van der Waals surface area contributed by atoms with E-state index in [2.05, 4.69) is 5.32 Å². The van der Waals surface area contributed by atoms with Crippen LogP contribution in [0.15, 0.2) is 24.3 Å². The molecular weight excluding hydrogens is 310 g/mol. The molecule has 0 heterocycles. The Morgan fingerprint density at radius 3 is 2.57 bits per heavy atom. The highest BCUT2D eigenvalue weighted by Crippen LogP contribution is 2.20. The second-order valence-electron chi connectivity index (χ2n) is 5.54. The fraction of sp³-hybridized carbons (Fsp3) is 0.467. The molecule has 1 aromatic carbocycles. The van der Waals surface area contributed by atoms with Crippen molar-refractivity contribution in [3.8, 4) is 0 Å². The molecule has 1 aromatic rings. The van der Waals surface area contributed by atoms with Gasteiger partial charge in [-0.2, -0.15) is 0 Å². The molecule has 0 radical (unpaired) electrons. The maximum Gasteiger partial charge on any atom is 0.316 e. The van der Waals surface area contributed by atoms with Gasteiger partial charge in [0.05, 0.1) is 5.75 Å². The summed E-state index contributed by atoms with van der Waals surface area (Å²) in [6.07, 6.45) is 0. The lowest BCUT2D eigenvalue weighted by atomic mass is 10.1. The third-order valence-corrected chi connectivity index (χ3v) is 3.64. The molecule has 0 atom stereocenters. The quantitative estimate of drug-likeness (QED) is 0.815. The van der Waals surface area contributed by atoms with Crippen LogP contribution in [0.5, 0.6) is 0 Å². The van der Waals surface area contributed by atoms with Gasteiger partial charge in [0.25, 0.3) is 5.91 Å². The lowest BCUT2D eigenvalue weighted by molar-refractivity contribution is -0.146. The highest BCUT2D eigenvalue weighted by atomic mass is 35.5. The molecule has 0 bridgehead atoms. The number of nitrogens with one attached hydrogen (secondary N) is 1. The Hall–Kier alpha value is -1.20. The van der Waals surface area contributed by atoms with Crippen molar-refractivity contribution in [1.29, 1.82) is 0 Å². The van der Waals surface area contributed by atoms with Crippen LogP contribution >= 0.6 is 23.4 Å². The SMILES string of the molecule is CC(C)(C)NC(=O)COC(=O)CSCc1ccccc1Cl. The Balaban J connectivity index is 2.23. The highest BCUT2D eigenvalue weighted by molar-refractivity contribution is 7.99. The average molecular weight is 330 g/mol. The second-order valence-corrected chi connectivity index (χ2v) is 6.94. The van der Waals surface area contributed by atoms with Crippen LogP contribution < -0.4 is 5.32 Å². The third-order valence-electron chi connectivity index (χ3n) is 2.31. The highest BCUT2D eigenvalue weighted by Gasteiger charge is 2.15. The van der Waals surface area contributed by atoms with E-state index in [-0.39, 0.29) is 23.8 Å². The molecule has 0 aliphatic heterocycles. The summed E-state index contributed by atoms with van der Waals surface area (Å²) in [4.78, 5) is 23.0. The van der Waals surface area contributed by atoms with Crippen LogP contribution in [0.3, 0.4) is 0 Å². The molecule has 0 unspecified atom stereocenters. The van der Waals surface area contributed by atoms with Crippen molar-refractivity contribution < 1.29 is 14.3 Å². The van der Waals surface area contributed by atoms with Crippen LogP contribution in [-0.4, -0.2) is 29.8 Å². The van der Waals surface area contributed by atoms with Crippen LogP contribution in [0.1, 0.15) is 26.3 Å². The van der Waals surface area contributed by atoms with Crippen molar-refractivity contribution in [3.05, 3.63) is 34.9 Å². The summed E-state index contributed by atoms with van der Waals surface area (Å²) in [5.41, 5.74) is 0.643. The van der Waals surface area contributed by atoms with Crippen molar-refractivity contribution in [2.75, 3.05) is 12.4 Å². The van der Waals surface area contributed by atoms with E-state index in [4.69, 9.17) is 16.3 Å². The molecule has 0 saturated heterocycles. The Morgan fingerprint density at radius 1 is 1.29 bits per heavy atom. The molecule has 1 amide bonds. The van der Waals surface area contributed by atoms with Gasteiger partial charge in [-0.05, 0) is 32.4 Å². The van der Waals surface area contributed by atoms with Gasteiger partial charge < -0.3 is 10.1 Å². The van der Waals surface area contributed by atoms with Crippen molar-refractivity contribution in [3.63, 3.8) is 0 Å². The maximum atomic E-state index is 11.5. The number of carbonyl (C=O) groups is 2. The third kappa shape index (κ3) is 7.97. The first-order valence-corrected chi connectivity index (χ1v) is 8.09. The number of esters is 1. The summed E-state index contributed by atoms with van der Waals surface area (Å²) in [5, 5.41) is 3.41. The molecule has 21 heavy (non-hydrogen) atoms. The van der Waals surface area contributed by atoms with Crippen molar-refractivity contribution in [1.82, 2.24) is 5.32 Å². The zero-order chi connectivity index (χ0) is 15.9. The Labute approximate surface area is 134 Å². The van der Waals surface area contributed by atoms with Crippen molar-refractivity contribution >= 4 is 35.2 Å². The molecule has 4 nitrogen and oxygen atoms in total. The maximum absolute atomic E-state index is 11.5. The van der Waals surface area contributed by atoms with E-state index in [1.165, 1.54) is 11.8 Å². The molecule has 0 spiro atoms.